The van der Waals surface area contributed by atoms with Crippen LogP contribution in [-0.2, 0) is 18.3 Å². The highest BCUT2D eigenvalue weighted by Crippen LogP contribution is 2.53. The van der Waals surface area contributed by atoms with E-state index in [4.69, 9.17) is 5.73 Å². The van der Waals surface area contributed by atoms with Crippen molar-refractivity contribution in [1.29, 1.82) is 0 Å². The van der Waals surface area contributed by atoms with Crippen molar-refractivity contribution < 1.29 is 0 Å². The summed E-state index contributed by atoms with van der Waals surface area (Å²) in [5, 5.41) is 3.89. The molecule has 3 N–H and O–H groups in total. The quantitative estimate of drug-likeness (QED) is 0.390. The van der Waals surface area contributed by atoms with Gasteiger partial charge in [0, 0.05) is 17.0 Å². The first-order chi connectivity index (χ1) is 16.0. The van der Waals surface area contributed by atoms with E-state index in [9.17, 15) is 0 Å². The van der Waals surface area contributed by atoms with E-state index >= 15 is 0 Å². The van der Waals surface area contributed by atoms with Gasteiger partial charge in [-0.2, -0.15) is 0 Å². The van der Waals surface area contributed by atoms with E-state index in [1.807, 2.05) is 0 Å². The number of fused-ring (bicyclic) bond motifs is 3. The number of hydrogen-bond acceptors (Lipinski definition) is 3. The van der Waals surface area contributed by atoms with Gasteiger partial charge in [0.15, 0.2) is 0 Å². The van der Waals surface area contributed by atoms with Crippen molar-refractivity contribution in [2.24, 2.45) is 17.6 Å². The highest BCUT2D eigenvalue weighted by Gasteiger charge is 2.47. The minimum Gasteiger partial charge on any atom is -0.324 e. The number of rotatable bonds is 9. The first-order valence-corrected chi connectivity index (χ1v) is 14.4. The summed E-state index contributed by atoms with van der Waals surface area (Å²) in [6.07, 6.45) is 12.2. The molecule has 0 bridgehead atoms. The Morgan fingerprint density at radius 2 is 1.94 bits per heavy atom. The zero-order valence-electron chi connectivity index (χ0n) is 21.2. The fraction of sp³-hybridized carbons (Fsp3) is 0.600. The van der Waals surface area contributed by atoms with Gasteiger partial charge in [-0.05, 0) is 110 Å². The molecule has 33 heavy (non-hydrogen) atoms. The van der Waals surface area contributed by atoms with Crippen molar-refractivity contribution in [3.8, 4) is 0 Å². The van der Waals surface area contributed by atoms with E-state index in [-0.39, 0.29) is 6.04 Å². The van der Waals surface area contributed by atoms with Gasteiger partial charge >= 0.3 is 0 Å². The van der Waals surface area contributed by atoms with Crippen molar-refractivity contribution in [2.75, 3.05) is 12.8 Å². The molecule has 0 aromatic heterocycles. The maximum atomic E-state index is 6.52. The van der Waals surface area contributed by atoms with Crippen LogP contribution in [-0.4, -0.2) is 18.8 Å². The van der Waals surface area contributed by atoms with Crippen LogP contribution in [0.25, 0.3) is 0 Å². The normalized spacial score (nSPS) is 26.3. The van der Waals surface area contributed by atoms with E-state index in [0.717, 1.165) is 24.8 Å². The predicted molar refractivity (Wildman–Crippen MR) is 144 cm³/mol. The van der Waals surface area contributed by atoms with Crippen LogP contribution in [0.4, 0.5) is 0 Å². The lowest BCUT2D eigenvalue weighted by molar-refractivity contribution is 0.0828. The Bertz CT molecular complexity index is 908. The monoisotopic (exact) mass is 464 g/mol. The smallest absolute Gasteiger partial charge is 0.0307 e. The molecule has 180 valence electrons. The molecule has 1 fully saturated rings. The Morgan fingerprint density at radius 1 is 1.15 bits per heavy atom. The molecule has 2 nitrogen and oxygen atoms in total. The van der Waals surface area contributed by atoms with Crippen molar-refractivity contribution in [3.63, 3.8) is 0 Å². The van der Waals surface area contributed by atoms with Gasteiger partial charge in [-0.15, -0.1) is 11.8 Å². The molecule has 2 aliphatic rings. The number of nitrogens with one attached hydrogen (secondary N) is 1. The molecule has 2 aromatic rings. The lowest BCUT2D eigenvalue weighted by Crippen LogP contribution is -2.50. The van der Waals surface area contributed by atoms with Crippen LogP contribution < -0.4 is 11.1 Å². The molecular weight excluding hydrogens is 420 g/mol. The van der Waals surface area contributed by atoms with Crippen LogP contribution in [0.15, 0.2) is 47.4 Å². The lowest BCUT2D eigenvalue weighted by atomic mass is 9.53. The highest BCUT2D eigenvalue weighted by molar-refractivity contribution is 7.98. The first-order valence-electron chi connectivity index (χ1n) is 13.2. The maximum absolute atomic E-state index is 6.52. The molecule has 3 heteroatoms. The van der Waals surface area contributed by atoms with Gasteiger partial charge in [0.25, 0.3) is 0 Å². The number of hydrogen-bond donors (Lipinski definition) is 2. The number of benzene rings is 2. The summed E-state index contributed by atoms with van der Waals surface area (Å²) in [6, 6.07) is 16.8. The summed E-state index contributed by atoms with van der Waals surface area (Å²) < 4.78 is 0. The fourth-order valence-electron chi connectivity index (χ4n) is 6.83. The van der Waals surface area contributed by atoms with Gasteiger partial charge in [0.1, 0.15) is 0 Å². The van der Waals surface area contributed by atoms with Gasteiger partial charge < -0.3 is 11.1 Å². The van der Waals surface area contributed by atoms with E-state index in [2.05, 4.69) is 74.8 Å². The van der Waals surface area contributed by atoms with Gasteiger partial charge in [0.05, 0.1) is 0 Å². The second-order valence-corrected chi connectivity index (χ2v) is 11.7. The summed E-state index contributed by atoms with van der Waals surface area (Å²) in [4.78, 5) is 1.30. The highest BCUT2D eigenvalue weighted by atomic mass is 32.2. The summed E-state index contributed by atoms with van der Waals surface area (Å²) in [5.74, 6) is 1.54. The van der Waals surface area contributed by atoms with Crippen molar-refractivity contribution >= 4 is 11.8 Å². The Hall–Kier alpha value is -1.29. The van der Waals surface area contributed by atoms with E-state index < -0.39 is 0 Å². The van der Waals surface area contributed by atoms with E-state index in [1.54, 1.807) is 22.9 Å². The average Bonchev–Trinajstić information content (AvgIpc) is 2.83. The van der Waals surface area contributed by atoms with Crippen molar-refractivity contribution in [3.05, 3.63) is 64.7 Å². The Morgan fingerprint density at radius 3 is 2.67 bits per heavy atom. The summed E-state index contributed by atoms with van der Waals surface area (Å²) in [5.41, 5.74) is 12.9. The minimum absolute atomic E-state index is 0.108. The zero-order chi connectivity index (χ0) is 23.4. The fourth-order valence-corrected chi connectivity index (χ4v) is 7.24. The van der Waals surface area contributed by atoms with Crippen molar-refractivity contribution in [1.82, 2.24) is 5.32 Å². The summed E-state index contributed by atoms with van der Waals surface area (Å²) in [7, 11) is 0. The first kappa shape index (κ1) is 24.8. The summed E-state index contributed by atoms with van der Waals surface area (Å²) in [6.45, 7) is 8.27. The molecule has 0 saturated heterocycles. The Kier molecular flexibility index (Phi) is 8.25. The molecule has 0 spiro atoms. The Labute approximate surface area is 206 Å². The predicted octanol–water partition coefficient (Wildman–Crippen LogP) is 7.05. The molecule has 0 aliphatic heterocycles. The molecule has 2 aromatic carbocycles. The maximum Gasteiger partial charge on any atom is 0.0307 e. The molecule has 1 saturated carbocycles. The number of aryl methyl sites for hydroxylation is 2. The third kappa shape index (κ3) is 5.36. The van der Waals surface area contributed by atoms with E-state index in [1.165, 1.54) is 61.0 Å². The molecule has 4 rings (SSSR count). The molecule has 0 radical (unpaired) electrons. The molecule has 5 unspecified atom stereocenters. The molecule has 2 aliphatic carbocycles. The largest absolute Gasteiger partial charge is 0.324 e. The van der Waals surface area contributed by atoms with Gasteiger partial charge in [0.2, 0.25) is 0 Å². The van der Waals surface area contributed by atoms with Crippen LogP contribution in [0.1, 0.15) is 87.6 Å². The molecule has 0 amide bonds. The van der Waals surface area contributed by atoms with Crippen LogP contribution >= 0.6 is 11.8 Å². The third-order valence-electron chi connectivity index (χ3n) is 8.72. The zero-order valence-corrected chi connectivity index (χ0v) is 22.0. The number of thioether (sulfide) groups is 1. The average molecular weight is 465 g/mol. The van der Waals surface area contributed by atoms with Crippen LogP contribution in [0.2, 0.25) is 0 Å². The van der Waals surface area contributed by atoms with Crippen LogP contribution in [0.5, 0.6) is 0 Å². The third-order valence-corrected chi connectivity index (χ3v) is 9.47. The van der Waals surface area contributed by atoms with Crippen molar-refractivity contribution in [2.45, 2.75) is 94.5 Å². The SMILES string of the molecule is CCCc1ccc2c(c1)CCC1C(C(C)NCCC(N)c3ccc(SC)cc3)CCCC21C. The standard InChI is InChI=1S/C30H44N2S/c1-5-7-22-9-15-27-24(20-22)12-16-28-26(8-6-18-30(27,28)3)21(2)32-19-17-29(31)23-10-13-25(33-4)14-11-23/h9-11,13-15,20-21,26,28-29,32H,5-8,12,16-19,31H2,1-4H3. The lowest BCUT2D eigenvalue weighted by Gasteiger charge is -2.52. The Balaban J connectivity index is 1.38. The van der Waals surface area contributed by atoms with Crippen LogP contribution in [0, 0.1) is 11.8 Å². The molecular formula is C30H44N2S. The van der Waals surface area contributed by atoms with Crippen LogP contribution in [0.3, 0.4) is 0 Å². The second-order valence-electron chi connectivity index (χ2n) is 10.8. The second kappa shape index (κ2) is 11.0. The van der Waals surface area contributed by atoms with Gasteiger partial charge in [-0.25, -0.2) is 0 Å². The molecule has 5 atom stereocenters. The minimum atomic E-state index is 0.108. The van der Waals surface area contributed by atoms with Gasteiger partial charge in [-0.1, -0.05) is 57.0 Å². The number of nitrogens with two attached hydrogens (primary N) is 1. The summed E-state index contributed by atoms with van der Waals surface area (Å²) >= 11 is 1.78. The topological polar surface area (TPSA) is 38.0 Å². The van der Waals surface area contributed by atoms with Gasteiger partial charge in [-0.3, -0.25) is 0 Å². The molecule has 0 heterocycles. The van der Waals surface area contributed by atoms with E-state index in [0.29, 0.717) is 11.5 Å².